The van der Waals surface area contributed by atoms with Crippen LogP contribution >= 0.6 is 11.6 Å². The molecule has 1 aromatic heterocycles. The van der Waals surface area contributed by atoms with Crippen molar-refractivity contribution in [2.75, 3.05) is 6.54 Å². The maximum absolute atomic E-state index is 12.0. The number of carbonyl (C=O) groups excluding carboxylic acids is 1. The Morgan fingerprint density at radius 1 is 1.32 bits per heavy atom. The minimum Gasteiger partial charge on any atom is -0.351 e. The summed E-state index contributed by atoms with van der Waals surface area (Å²) in [5.74, 6) is 0.0842. The molecule has 0 aliphatic carbocycles. The van der Waals surface area contributed by atoms with Crippen molar-refractivity contribution in [3.63, 3.8) is 0 Å². The van der Waals surface area contributed by atoms with Crippen molar-refractivity contribution >= 4 is 17.5 Å². The number of rotatable bonds is 4. The lowest BCUT2D eigenvalue weighted by Crippen LogP contribution is -2.27. The minimum atomic E-state index is -0.171. The van der Waals surface area contributed by atoms with Crippen molar-refractivity contribution in [3.05, 3.63) is 64.9 Å². The van der Waals surface area contributed by atoms with E-state index in [-0.39, 0.29) is 11.8 Å². The van der Waals surface area contributed by atoms with Crippen molar-refractivity contribution in [2.24, 2.45) is 0 Å². The van der Waals surface area contributed by atoms with Crippen molar-refractivity contribution in [1.82, 2.24) is 10.3 Å². The second kappa shape index (κ2) is 6.34. The SMILES string of the molecule is CC(CNC(=O)c1ccncc1Cl)c1ccccc1. The van der Waals surface area contributed by atoms with Crippen LogP contribution in [0.15, 0.2) is 48.8 Å². The van der Waals surface area contributed by atoms with E-state index in [1.807, 2.05) is 18.2 Å². The van der Waals surface area contributed by atoms with Gasteiger partial charge in [0.05, 0.1) is 10.6 Å². The Labute approximate surface area is 117 Å². The van der Waals surface area contributed by atoms with Crippen LogP contribution in [-0.2, 0) is 0 Å². The molecule has 19 heavy (non-hydrogen) atoms. The molecular weight excluding hydrogens is 260 g/mol. The molecule has 3 nitrogen and oxygen atoms in total. The molecular formula is C15H15ClN2O. The monoisotopic (exact) mass is 274 g/mol. The zero-order valence-corrected chi connectivity index (χ0v) is 11.4. The van der Waals surface area contributed by atoms with Crippen molar-refractivity contribution in [1.29, 1.82) is 0 Å². The van der Waals surface area contributed by atoms with Gasteiger partial charge in [0.15, 0.2) is 0 Å². The van der Waals surface area contributed by atoms with Gasteiger partial charge >= 0.3 is 0 Å². The van der Waals surface area contributed by atoms with Crippen LogP contribution in [0, 0.1) is 0 Å². The molecule has 4 heteroatoms. The summed E-state index contributed by atoms with van der Waals surface area (Å²) < 4.78 is 0. The normalized spacial score (nSPS) is 11.9. The topological polar surface area (TPSA) is 42.0 Å². The van der Waals surface area contributed by atoms with Crippen LogP contribution in [0.1, 0.15) is 28.8 Å². The molecule has 1 aromatic carbocycles. The van der Waals surface area contributed by atoms with E-state index in [1.165, 1.54) is 11.8 Å². The lowest BCUT2D eigenvalue weighted by atomic mass is 10.0. The van der Waals surface area contributed by atoms with Gasteiger partial charge in [-0.3, -0.25) is 9.78 Å². The van der Waals surface area contributed by atoms with Crippen molar-refractivity contribution in [2.45, 2.75) is 12.8 Å². The van der Waals surface area contributed by atoms with Gasteiger partial charge in [0.2, 0.25) is 0 Å². The van der Waals surface area contributed by atoms with E-state index in [0.717, 1.165) is 0 Å². The lowest BCUT2D eigenvalue weighted by molar-refractivity contribution is 0.0951. The largest absolute Gasteiger partial charge is 0.351 e. The molecule has 1 heterocycles. The van der Waals surface area contributed by atoms with Crippen LogP contribution in [-0.4, -0.2) is 17.4 Å². The number of nitrogens with zero attached hydrogens (tertiary/aromatic N) is 1. The molecule has 1 N–H and O–H groups in total. The smallest absolute Gasteiger partial charge is 0.252 e. The first-order valence-electron chi connectivity index (χ1n) is 6.11. The average Bonchev–Trinajstić information content (AvgIpc) is 2.46. The molecule has 0 saturated carbocycles. The summed E-state index contributed by atoms with van der Waals surface area (Å²) in [4.78, 5) is 15.8. The number of nitrogens with one attached hydrogen (secondary N) is 1. The molecule has 0 aliphatic rings. The van der Waals surface area contributed by atoms with Crippen LogP contribution in [0.4, 0.5) is 0 Å². The Bertz CT molecular complexity index is 557. The van der Waals surface area contributed by atoms with Crippen LogP contribution in [0.25, 0.3) is 0 Å². The van der Waals surface area contributed by atoms with Crippen molar-refractivity contribution < 1.29 is 4.79 Å². The van der Waals surface area contributed by atoms with E-state index in [4.69, 9.17) is 11.6 Å². The molecule has 0 radical (unpaired) electrons. The summed E-state index contributed by atoms with van der Waals surface area (Å²) in [5.41, 5.74) is 1.65. The fraction of sp³-hybridized carbons (Fsp3) is 0.200. The van der Waals surface area contributed by atoms with Gasteiger partial charge in [0.25, 0.3) is 5.91 Å². The van der Waals surface area contributed by atoms with E-state index in [0.29, 0.717) is 17.1 Å². The molecule has 1 amide bonds. The summed E-state index contributed by atoms with van der Waals surface area (Å²) in [6.07, 6.45) is 3.03. The van der Waals surface area contributed by atoms with Gasteiger partial charge in [0.1, 0.15) is 0 Å². The van der Waals surface area contributed by atoms with Gasteiger partial charge in [-0.1, -0.05) is 48.9 Å². The summed E-state index contributed by atoms with van der Waals surface area (Å²) >= 11 is 5.93. The quantitative estimate of drug-likeness (QED) is 0.930. The van der Waals surface area contributed by atoms with Crippen LogP contribution in [0.5, 0.6) is 0 Å². The average molecular weight is 275 g/mol. The van der Waals surface area contributed by atoms with Gasteiger partial charge < -0.3 is 5.32 Å². The number of aromatic nitrogens is 1. The third kappa shape index (κ3) is 3.55. The number of pyridine rings is 1. The van der Waals surface area contributed by atoms with E-state index in [2.05, 4.69) is 29.4 Å². The summed E-state index contributed by atoms with van der Waals surface area (Å²) in [7, 11) is 0. The minimum absolute atomic E-state index is 0.171. The molecule has 0 aliphatic heterocycles. The van der Waals surface area contributed by atoms with E-state index in [9.17, 15) is 4.79 Å². The third-order valence-corrected chi connectivity index (χ3v) is 3.26. The number of benzene rings is 1. The van der Waals surface area contributed by atoms with Gasteiger partial charge in [-0.2, -0.15) is 0 Å². The number of carbonyl (C=O) groups is 1. The first-order valence-corrected chi connectivity index (χ1v) is 6.49. The Morgan fingerprint density at radius 3 is 2.74 bits per heavy atom. The number of halogens is 1. The maximum Gasteiger partial charge on any atom is 0.252 e. The Balaban J connectivity index is 1.96. The molecule has 0 bridgehead atoms. The second-order valence-corrected chi connectivity index (χ2v) is 4.78. The van der Waals surface area contributed by atoms with E-state index < -0.39 is 0 Å². The second-order valence-electron chi connectivity index (χ2n) is 4.38. The zero-order valence-electron chi connectivity index (χ0n) is 10.6. The number of hydrogen-bond acceptors (Lipinski definition) is 2. The Kier molecular flexibility index (Phi) is 4.53. The molecule has 1 atom stereocenters. The summed E-state index contributed by atoms with van der Waals surface area (Å²) in [6, 6.07) is 11.7. The first-order chi connectivity index (χ1) is 9.18. The van der Waals surface area contributed by atoms with E-state index >= 15 is 0 Å². The van der Waals surface area contributed by atoms with Gasteiger partial charge in [-0.05, 0) is 17.5 Å². The highest BCUT2D eigenvalue weighted by molar-refractivity contribution is 6.33. The van der Waals surface area contributed by atoms with Crippen LogP contribution in [0.2, 0.25) is 5.02 Å². The highest BCUT2D eigenvalue weighted by atomic mass is 35.5. The fourth-order valence-corrected chi connectivity index (χ4v) is 2.00. The van der Waals surface area contributed by atoms with Gasteiger partial charge in [0, 0.05) is 18.9 Å². The molecule has 0 fully saturated rings. The molecule has 1 unspecified atom stereocenters. The van der Waals surface area contributed by atoms with Crippen molar-refractivity contribution in [3.8, 4) is 0 Å². The zero-order chi connectivity index (χ0) is 13.7. The lowest BCUT2D eigenvalue weighted by Gasteiger charge is -2.13. The molecule has 0 saturated heterocycles. The summed E-state index contributed by atoms with van der Waals surface area (Å²) in [5, 5.41) is 3.25. The Morgan fingerprint density at radius 2 is 2.05 bits per heavy atom. The predicted molar refractivity (Wildman–Crippen MR) is 76.4 cm³/mol. The first kappa shape index (κ1) is 13.6. The number of amides is 1. The highest BCUT2D eigenvalue weighted by Gasteiger charge is 2.11. The molecule has 0 spiro atoms. The van der Waals surface area contributed by atoms with E-state index in [1.54, 1.807) is 12.3 Å². The highest BCUT2D eigenvalue weighted by Crippen LogP contribution is 2.15. The third-order valence-electron chi connectivity index (χ3n) is 2.95. The van der Waals surface area contributed by atoms with Gasteiger partial charge in [-0.15, -0.1) is 0 Å². The predicted octanol–water partition coefficient (Wildman–Crippen LogP) is 3.27. The summed E-state index contributed by atoms with van der Waals surface area (Å²) in [6.45, 7) is 2.64. The van der Waals surface area contributed by atoms with Gasteiger partial charge in [-0.25, -0.2) is 0 Å². The molecule has 98 valence electrons. The van der Waals surface area contributed by atoms with Crippen LogP contribution < -0.4 is 5.32 Å². The molecule has 2 rings (SSSR count). The standard InChI is InChI=1S/C15H15ClN2O/c1-11(12-5-3-2-4-6-12)9-18-15(19)13-7-8-17-10-14(13)16/h2-8,10-11H,9H2,1H3,(H,18,19). The maximum atomic E-state index is 12.0. The number of hydrogen-bond donors (Lipinski definition) is 1. The Hall–Kier alpha value is -1.87. The molecule has 2 aromatic rings. The fourth-order valence-electron chi connectivity index (χ4n) is 1.80. The van der Waals surface area contributed by atoms with Crippen LogP contribution in [0.3, 0.4) is 0 Å².